The molecule has 0 saturated carbocycles. The van der Waals surface area contributed by atoms with Crippen LogP contribution in [0.4, 0.5) is 11.4 Å². The van der Waals surface area contributed by atoms with Gasteiger partial charge < -0.3 is 16.0 Å². The first kappa shape index (κ1) is 17.0. The highest BCUT2D eigenvalue weighted by Crippen LogP contribution is 2.16. The summed E-state index contributed by atoms with van der Waals surface area (Å²) in [7, 11) is 0. The Labute approximate surface area is 142 Å². The number of amides is 1. The second-order valence-electron chi connectivity index (χ2n) is 5.10. The molecular weight excluding hydrogens is 306 g/mol. The van der Waals surface area contributed by atoms with Crippen LogP contribution in [0.3, 0.4) is 0 Å². The van der Waals surface area contributed by atoms with Crippen molar-refractivity contribution in [3.05, 3.63) is 60.2 Å². The zero-order valence-electron chi connectivity index (χ0n) is 13.1. The Hall–Kier alpha value is -2.40. The van der Waals surface area contributed by atoms with Crippen LogP contribution in [-0.2, 0) is 0 Å². The van der Waals surface area contributed by atoms with Crippen LogP contribution in [0.1, 0.15) is 30.1 Å². The number of unbranched alkanes of at least 4 members (excludes halogenated alkanes) is 1. The average Bonchev–Trinajstić information content (AvgIpc) is 2.56. The molecule has 0 aromatic heterocycles. The monoisotopic (exact) mass is 327 g/mol. The van der Waals surface area contributed by atoms with Crippen LogP contribution in [-0.4, -0.2) is 17.6 Å². The molecular formula is C18H21N3OS. The lowest BCUT2D eigenvalue weighted by Gasteiger charge is -2.14. The molecule has 2 rings (SSSR count). The molecule has 1 amide bonds. The molecule has 0 radical (unpaired) electrons. The van der Waals surface area contributed by atoms with Gasteiger partial charge in [-0.2, -0.15) is 0 Å². The Morgan fingerprint density at radius 3 is 2.43 bits per heavy atom. The van der Waals surface area contributed by atoms with Crippen LogP contribution >= 0.6 is 12.2 Å². The first-order chi connectivity index (χ1) is 11.2. The maximum atomic E-state index is 12.3. The second kappa shape index (κ2) is 8.90. The number of thiocarbonyl (C=S) groups is 1. The predicted octanol–water partition coefficient (Wildman–Crippen LogP) is 4.03. The van der Waals surface area contributed by atoms with Crippen LogP contribution in [0.2, 0.25) is 0 Å². The Morgan fingerprint density at radius 2 is 1.70 bits per heavy atom. The summed E-state index contributed by atoms with van der Waals surface area (Å²) in [6.45, 7) is 2.77. The number of hydrogen-bond acceptors (Lipinski definition) is 2. The van der Waals surface area contributed by atoms with Crippen molar-refractivity contribution >= 4 is 34.6 Å². The van der Waals surface area contributed by atoms with Gasteiger partial charge >= 0.3 is 0 Å². The van der Waals surface area contributed by atoms with Crippen molar-refractivity contribution in [3.63, 3.8) is 0 Å². The first-order valence-corrected chi connectivity index (χ1v) is 8.12. The largest absolute Gasteiger partial charge is 0.352 e. The van der Waals surface area contributed by atoms with E-state index >= 15 is 0 Å². The Bertz CT molecular complexity index is 658. The number of anilines is 2. The van der Waals surface area contributed by atoms with Gasteiger partial charge in [0.2, 0.25) is 0 Å². The molecule has 2 aromatic rings. The van der Waals surface area contributed by atoms with Gasteiger partial charge in [0.25, 0.3) is 5.91 Å². The topological polar surface area (TPSA) is 53.2 Å². The lowest BCUT2D eigenvalue weighted by atomic mass is 10.1. The van der Waals surface area contributed by atoms with Gasteiger partial charge in [-0.15, -0.1) is 0 Å². The molecule has 0 fully saturated rings. The van der Waals surface area contributed by atoms with Gasteiger partial charge in [-0.1, -0.05) is 43.7 Å². The number of para-hydroxylation sites is 2. The molecule has 0 atom stereocenters. The third-order valence-electron chi connectivity index (χ3n) is 3.27. The third kappa shape index (κ3) is 5.38. The number of hydrogen-bond donors (Lipinski definition) is 3. The van der Waals surface area contributed by atoms with Gasteiger partial charge in [0.1, 0.15) is 0 Å². The van der Waals surface area contributed by atoms with Gasteiger partial charge in [-0.3, -0.25) is 4.79 Å². The second-order valence-corrected chi connectivity index (χ2v) is 5.51. The van der Waals surface area contributed by atoms with E-state index in [9.17, 15) is 4.79 Å². The van der Waals surface area contributed by atoms with E-state index in [4.69, 9.17) is 12.2 Å². The number of benzene rings is 2. The molecule has 4 nitrogen and oxygen atoms in total. The SMILES string of the molecule is CCCCNC(=O)c1ccccc1NC(=S)Nc1ccccc1. The lowest BCUT2D eigenvalue weighted by molar-refractivity contribution is 0.0954. The molecule has 0 bridgehead atoms. The maximum Gasteiger partial charge on any atom is 0.253 e. The fraction of sp³-hybridized carbons (Fsp3) is 0.222. The van der Waals surface area contributed by atoms with E-state index in [1.807, 2.05) is 48.5 Å². The summed E-state index contributed by atoms with van der Waals surface area (Å²) in [6.07, 6.45) is 2.01. The molecule has 0 aliphatic heterocycles. The summed E-state index contributed by atoms with van der Waals surface area (Å²) in [5, 5.41) is 9.56. The highest BCUT2D eigenvalue weighted by molar-refractivity contribution is 7.80. The molecule has 2 aromatic carbocycles. The van der Waals surface area contributed by atoms with Gasteiger partial charge in [-0.25, -0.2) is 0 Å². The Kier molecular flexibility index (Phi) is 6.56. The minimum absolute atomic E-state index is 0.0935. The molecule has 5 heteroatoms. The molecule has 0 unspecified atom stereocenters. The molecule has 120 valence electrons. The standard InChI is InChI=1S/C18H21N3OS/c1-2-3-13-19-17(22)15-11-7-8-12-16(15)21-18(23)20-14-9-5-4-6-10-14/h4-12H,2-3,13H2,1H3,(H,19,22)(H2,20,21,23). The van der Waals surface area contributed by atoms with Crippen LogP contribution < -0.4 is 16.0 Å². The molecule has 23 heavy (non-hydrogen) atoms. The van der Waals surface area contributed by atoms with E-state index < -0.39 is 0 Å². The maximum absolute atomic E-state index is 12.3. The molecule has 0 saturated heterocycles. The van der Waals surface area contributed by atoms with E-state index in [0.717, 1.165) is 18.5 Å². The van der Waals surface area contributed by atoms with Gasteiger partial charge in [-0.05, 0) is 42.9 Å². The van der Waals surface area contributed by atoms with Crippen LogP contribution in [0.5, 0.6) is 0 Å². The summed E-state index contributed by atoms with van der Waals surface area (Å²) in [4.78, 5) is 12.3. The summed E-state index contributed by atoms with van der Waals surface area (Å²) in [5.41, 5.74) is 2.17. The van der Waals surface area contributed by atoms with Crippen molar-refractivity contribution in [2.24, 2.45) is 0 Å². The summed E-state index contributed by atoms with van der Waals surface area (Å²) < 4.78 is 0. The van der Waals surface area contributed by atoms with E-state index in [1.165, 1.54) is 0 Å². The average molecular weight is 327 g/mol. The molecule has 0 heterocycles. The van der Waals surface area contributed by atoms with Crippen molar-refractivity contribution in [2.45, 2.75) is 19.8 Å². The van der Waals surface area contributed by atoms with E-state index in [1.54, 1.807) is 6.07 Å². The third-order valence-corrected chi connectivity index (χ3v) is 3.47. The zero-order valence-corrected chi connectivity index (χ0v) is 14.0. The number of carbonyl (C=O) groups is 1. The van der Waals surface area contributed by atoms with Crippen LogP contribution in [0, 0.1) is 0 Å². The first-order valence-electron chi connectivity index (χ1n) is 7.71. The number of rotatable bonds is 6. The minimum atomic E-state index is -0.0935. The van der Waals surface area contributed by atoms with Gasteiger partial charge in [0, 0.05) is 12.2 Å². The fourth-order valence-electron chi connectivity index (χ4n) is 2.07. The van der Waals surface area contributed by atoms with Crippen molar-refractivity contribution in [1.29, 1.82) is 0 Å². The molecule has 0 aliphatic carbocycles. The quantitative estimate of drug-likeness (QED) is 0.554. The van der Waals surface area contributed by atoms with Gasteiger partial charge in [0.05, 0.1) is 11.3 Å². The summed E-state index contributed by atoms with van der Waals surface area (Å²) >= 11 is 5.32. The van der Waals surface area contributed by atoms with Crippen LogP contribution in [0.15, 0.2) is 54.6 Å². The molecule has 0 spiro atoms. The predicted molar refractivity (Wildman–Crippen MR) is 100.0 cm³/mol. The normalized spacial score (nSPS) is 9.96. The highest BCUT2D eigenvalue weighted by Gasteiger charge is 2.11. The minimum Gasteiger partial charge on any atom is -0.352 e. The van der Waals surface area contributed by atoms with Crippen molar-refractivity contribution in [2.75, 3.05) is 17.2 Å². The van der Waals surface area contributed by atoms with Crippen molar-refractivity contribution in [1.82, 2.24) is 5.32 Å². The smallest absolute Gasteiger partial charge is 0.253 e. The number of carbonyl (C=O) groups excluding carboxylic acids is 1. The summed E-state index contributed by atoms with van der Waals surface area (Å²) in [6, 6.07) is 17.0. The Morgan fingerprint density at radius 1 is 1.00 bits per heavy atom. The van der Waals surface area contributed by atoms with Crippen molar-refractivity contribution < 1.29 is 4.79 Å². The highest BCUT2D eigenvalue weighted by atomic mass is 32.1. The number of nitrogens with one attached hydrogen (secondary N) is 3. The van der Waals surface area contributed by atoms with E-state index in [0.29, 0.717) is 22.9 Å². The molecule has 3 N–H and O–H groups in total. The lowest BCUT2D eigenvalue weighted by Crippen LogP contribution is -2.27. The van der Waals surface area contributed by atoms with Crippen molar-refractivity contribution in [3.8, 4) is 0 Å². The molecule has 0 aliphatic rings. The van der Waals surface area contributed by atoms with Gasteiger partial charge in [0.15, 0.2) is 5.11 Å². The van der Waals surface area contributed by atoms with E-state index in [-0.39, 0.29) is 5.91 Å². The summed E-state index contributed by atoms with van der Waals surface area (Å²) in [5.74, 6) is -0.0935. The van der Waals surface area contributed by atoms with E-state index in [2.05, 4.69) is 22.9 Å². The van der Waals surface area contributed by atoms with Crippen LogP contribution in [0.25, 0.3) is 0 Å². The zero-order chi connectivity index (χ0) is 16.5. The Balaban J connectivity index is 2.02. The fourth-order valence-corrected chi connectivity index (χ4v) is 2.30.